The van der Waals surface area contributed by atoms with Gasteiger partial charge in [0.1, 0.15) is 0 Å². The van der Waals surface area contributed by atoms with Gasteiger partial charge in [-0.15, -0.1) is 11.3 Å². The van der Waals surface area contributed by atoms with E-state index >= 15 is 0 Å². The van der Waals surface area contributed by atoms with Crippen LogP contribution < -0.4 is 4.90 Å². The van der Waals surface area contributed by atoms with Gasteiger partial charge in [-0.3, -0.25) is 0 Å². The Bertz CT molecular complexity index is 3980. The zero-order valence-electron chi connectivity index (χ0n) is 38.6. The summed E-state index contributed by atoms with van der Waals surface area (Å²) in [6.45, 7) is 9.50. The Morgan fingerprint density at radius 3 is 1.34 bits per heavy atom. The Kier molecular flexibility index (Phi) is 8.32. The quantitative estimate of drug-likeness (QED) is 0.156. The first-order valence-corrected chi connectivity index (χ1v) is 24.7. The van der Waals surface area contributed by atoms with Crippen LogP contribution in [0, 0.1) is 0 Å². The largest absolute Gasteiger partial charge is 0.310 e. The van der Waals surface area contributed by atoms with Gasteiger partial charge in [-0.2, -0.15) is 0 Å². The van der Waals surface area contributed by atoms with Crippen LogP contribution in [0.2, 0.25) is 0 Å². The van der Waals surface area contributed by atoms with Crippen molar-refractivity contribution >= 4 is 80.9 Å². The van der Waals surface area contributed by atoms with Gasteiger partial charge in [-0.05, 0) is 148 Å². The topological polar surface area (TPSA) is 3.24 Å². The lowest BCUT2D eigenvalue weighted by atomic mass is 9.82. The van der Waals surface area contributed by atoms with E-state index in [1.807, 2.05) is 11.3 Å². The number of benzene rings is 11. The highest BCUT2D eigenvalue weighted by Gasteiger charge is 2.38. The average Bonchev–Trinajstić information content (AvgIpc) is 3.96. The fraction of sp³-hybridized carbons (Fsp3) is 0.0909. The maximum Gasteiger partial charge on any atom is 0.0465 e. The predicted molar refractivity (Wildman–Crippen MR) is 293 cm³/mol. The van der Waals surface area contributed by atoms with Crippen molar-refractivity contribution in [2.45, 2.75) is 38.5 Å². The molecule has 0 saturated heterocycles. The van der Waals surface area contributed by atoms with E-state index in [1.54, 1.807) is 0 Å². The number of rotatable bonds is 5. The molecular weight excluding hydrogens is 839 g/mol. The SMILES string of the molecule is CC1(C)c2ccccc2-c2ccc(N(c3ccc(-c4cc5c6ccccc6c(-c6cccc7c6sc6ccccc67)cc5c5ccccc45)cc3)c3ccc4c(c3)C(C)(C)c3ccccc3-4)cc21. The van der Waals surface area contributed by atoms with E-state index in [9.17, 15) is 0 Å². The molecule has 2 aliphatic rings. The molecule has 0 bridgehead atoms. The predicted octanol–water partition coefficient (Wildman–Crippen LogP) is 18.9. The zero-order valence-corrected chi connectivity index (χ0v) is 39.4. The summed E-state index contributed by atoms with van der Waals surface area (Å²) in [4.78, 5) is 2.48. The minimum atomic E-state index is -0.118. The lowest BCUT2D eigenvalue weighted by Crippen LogP contribution is -2.18. The highest BCUT2D eigenvalue weighted by Crippen LogP contribution is 2.54. The normalized spacial score (nSPS) is 14.1. The highest BCUT2D eigenvalue weighted by molar-refractivity contribution is 7.26. The molecule has 0 aliphatic heterocycles. The van der Waals surface area contributed by atoms with Gasteiger partial charge < -0.3 is 4.90 Å². The van der Waals surface area contributed by atoms with Crippen LogP contribution in [0.4, 0.5) is 17.1 Å². The number of fused-ring (bicyclic) bond motifs is 14. The second kappa shape index (κ2) is 14.4. The van der Waals surface area contributed by atoms with Gasteiger partial charge in [0.2, 0.25) is 0 Å². The van der Waals surface area contributed by atoms with E-state index in [2.05, 4.69) is 245 Å². The van der Waals surface area contributed by atoms with Gasteiger partial charge in [-0.25, -0.2) is 0 Å². The second-order valence-corrected chi connectivity index (χ2v) is 21.1. The van der Waals surface area contributed by atoms with Crippen molar-refractivity contribution in [3.05, 3.63) is 235 Å². The molecule has 0 N–H and O–H groups in total. The van der Waals surface area contributed by atoms with E-state index < -0.39 is 0 Å². The number of anilines is 3. The molecule has 1 heterocycles. The van der Waals surface area contributed by atoms with E-state index in [-0.39, 0.29) is 10.8 Å². The van der Waals surface area contributed by atoms with E-state index in [1.165, 1.54) is 119 Å². The van der Waals surface area contributed by atoms with Gasteiger partial charge in [0.05, 0.1) is 0 Å². The van der Waals surface area contributed by atoms with Crippen LogP contribution in [-0.4, -0.2) is 0 Å². The lowest BCUT2D eigenvalue weighted by Gasteiger charge is -2.30. The van der Waals surface area contributed by atoms with Crippen LogP contribution in [-0.2, 0) is 10.8 Å². The molecule has 0 fully saturated rings. The first kappa shape index (κ1) is 39.4. The van der Waals surface area contributed by atoms with Gasteiger partial charge in [0, 0.05) is 53.6 Å². The second-order valence-electron chi connectivity index (χ2n) is 20.0. The van der Waals surface area contributed by atoms with Crippen molar-refractivity contribution in [1.29, 1.82) is 0 Å². The number of thiophene rings is 1. The van der Waals surface area contributed by atoms with Gasteiger partial charge in [0.25, 0.3) is 0 Å². The molecular formula is C66H47NS. The lowest BCUT2D eigenvalue weighted by molar-refractivity contribution is 0.660. The summed E-state index contributed by atoms with van der Waals surface area (Å²) in [5.41, 5.74) is 19.1. The minimum absolute atomic E-state index is 0.118. The molecule has 1 nitrogen and oxygen atoms in total. The molecule has 68 heavy (non-hydrogen) atoms. The van der Waals surface area contributed by atoms with Crippen molar-refractivity contribution < 1.29 is 0 Å². The third-order valence-electron chi connectivity index (χ3n) is 15.7. The molecule has 2 heteroatoms. The molecule has 11 aromatic carbocycles. The average molecular weight is 886 g/mol. The molecule has 0 saturated carbocycles. The van der Waals surface area contributed by atoms with Crippen molar-refractivity contribution in [2.75, 3.05) is 4.90 Å². The monoisotopic (exact) mass is 885 g/mol. The molecule has 0 atom stereocenters. The van der Waals surface area contributed by atoms with Crippen LogP contribution >= 0.6 is 11.3 Å². The van der Waals surface area contributed by atoms with Crippen LogP contribution in [0.5, 0.6) is 0 Å². The molecule has 0 amide bonds. The minimum Gasteiger partial charge on any atom is -0.310 e. The Hall–Kier alpha value is -7.78. The Morgan fingerprint density at radius 2 is 0.735 bits per heavy atom. The first-order valence-electron chi connectivity index (χ1n) is 23.9. The van der Waals surface area contributed by atoms with Crippen molar-refractivity contribution in [3.63, 3.8) is 0 Å². The number of hydrogen-bond donors (Lipinski definition) is 0. The first-order chi connectivity index (χ1) is 33.2. The maximum atomic E-state index is 2.48. The fourth-order valence-electron chi connectivity index (χ4n) is 12.3. The summed E-state index contributed by atoms with van der Waals surface area (Å²) < 4.78 is 2.67. The summed E-state index contributed by atoms with van der Waals surface area (Å²) in [6.07, 6.45) is 0. The smallest absolute Gasteiger partial charge is 0.0465 e. The Balaban J connectivity index is 0.935. The summed E-state index contributed by atoms with van der Waals surface area (Å²) >= 11 is 1.90. The third kappa shape index (κ3) is 5.56. The van der Waals surface area contributed by atoms with Crippen molar-refractivity contribution in [1.82, 2.24) is 0 Å². The summed E-state index contributed by atoms with van der Waals surface area (Å²) in [5, 5.41) is 10.3. The van der Waals surface area contributed by atoms with Gasteiger partial charge in [-0.1, -0.05) is 185 Å². The maximum absolute atomic E-state index is 2.48. The van der Waals surface area contributed by atoms with E-state index in [0.717, 1.165) is 17.1 Å². The molecule has 1 aromatic heterocycles. The van der Waals surface area contributed by atoms with Crippen LogP contribution in [0.1, 0.15) is 49.9 Å². The molecule has 2 aliphatic carbocycles. The number of nitrogens with zero attached hydrogens (tertiary/aromatic N) is 1. The zero-order chi connectivity index (χ0) is 45.5. The fourth-order valence-corrected chi connectivity index (χ4v) is 13.5. The van der Waals surface area contributed by atoms with E-state index in [4.69, 9.17) is 0 Å². The molecule has 12 aromatic rings. The third-order valence-corrected chi connectivity index (χ3v) is 16.9. The highest BCUT2D eigenvalue weighted by atomic mass is 32.1. The van der Waals surface area contributed by atoms with Crippen LogP contribution in [0.3, 0.4) is 0 Å². The van der Waals surface area contributed by atoms with Crippen LogP contribution in [0.15, 0.2) is 212 Å². The van der Waals surface area contributed by atoms with Gasteiger partial charge in [0.15, 0.2) is 0 Å². The van der Waals surface area contributed by atoms with Gasteiger partial charge >= 0.3 is 0 Å². The molecule has 322 valence electrons. The van der Waals surface area contributed by atoms with Crippen LogP contribution in [0.25, 0.3) is 97.0 Å². The standard InChI is InChI=1S/C66H47NS/c1-65(2)59-25-12-9-20-48(59)50-34-32-42(36-61(50)65)67(43-33-35-51-49-21-10-13-26-60(49)66(3,4)62(51)37-43)41-30-28-40(29-31-41)55-38-57-47-19-8-7-18-46(47)56(39-58(57)45-17-6-5-16-44(45)55)54-24-15-23-53-52-22-11-14-27-63(52)68-64(53)54/h5-39H,1-4H3. The van der Waals surface area contributed by atoms with E-state index in [0.29, 0.717) is 0 Å². The summed E-state index contributed by atoms with van der Waals surface area (Å²) in [5.74, 6) is 0. The Labute approximate surface area is 401 Å². The molecule has 14 rings (SSSR count). The van der Waals surface area contributed by atoms with Crippen molar-refractivity contribution in [3.8, 4) is 44.5 Å². The van der Waals surface area contributed by atoms with Crippen molar-refractivity contribution in [2.24, 2.45) is 0 Å². The molecule has 0 spiro atoms. The Morgan fingerprint density at radius 1 is 0.294 bits per heavy atom. The number of hydrogen-bond acceptors (Lipinski definition) is 2. The summed E-state index contributed by atoms with van der Waals surface area (Å²) in [6, 6.07) is 80.1. The molecule has 0 unspecified atom stereocenters. The molecule has 0 radical (unpaired) electrons. The summed E-state index contributed by atoms with van der Waals surface area (Å²) in [7, 11) is 0.